The highest BCUT2D eigenvalue weighted by atomic mass is 35.5. The van der Waals surface area contributed by atoms with Gasteiger partial charge in [-0.05, 0) is 19.1 Å². The van der Waals surface area contributed by atoms with Crippen molar-refractivity contribution in [2.75, 3.05) is 0 Å². The Morgan fingerprint density at radius 1 is 1.37 bits per heavy atom. The van der Waals surface area contributed by atoms with Crippen molar-refractivity contribution in [3.05, 3.63) is 28.2 Å². The highest BCUT2D eigenvalue weighted by Gasteiger charge is 2.34. The van der Waals surface area contributed by atoms with Crippen LogP contribution < -0.4 is 0 Å². The normalized spacial score (nSPS) is 17.5. The first-order valence-corrected chi connectivity index (χ1v) is 7.16. The van der Waals surface area contributed by atoms with Gasteiger partial charge in [0.2, 0.25) is 11.8 Å². The monoisotopic (exact) mass is 294 g/mol. The fraction of sp³-hybridized carbons (Fsp3) is 0.308. The Bertz CT molecular complexity index is 666. The number of halogens is 1. The standard InChI is InChI=1S/C13H11ClN2O2S/c1-7(16-11(17)2-3-12(16)18)10-6-9-13(19-10)8(14)4-5-15-9/h4-7H,2-3H2,1H3/t7-/m0/s1. The molecule has 1 saturated heterocycles. The molecule has 4 nitrogen and oxygen atoms in total. The SMILES string of the molecule is C[C@@H](c1cc2nccc(Cl)c2s1)N1C(=O)CCC1=O. The van der Waals surface area contributed by atoms with Crippen LogP contribution in [0.1, 0.15) is 30.7 Å². The topological polar surface area (TPSA) is 50.3 Å². The third-order valence-electron chi connectivity index (χ3n) is 3.27. The van der Waals surface area contributed by atoms with Crippen molar-refractivity contribution in [1.29, 1.82) is 0 Å². The Labute approximate surface area is 119 Å². The Hall–Kier alpha value is -1.46. The molecule has 3 heterocycles. The van der Waals surface area contributed by atoms with Crippen molar-refractivity contribution in [3.63, 3.8) is 0 Å². The average molecular weight is 295 g/mol. The number of imide groups is 1. The highest BCUT2D eigenvalue weighted by molar-refractivity contribution is 7.19. The number of hydrogen-bond acceptors (Lipinski definition) is 4. The zero-order valence-corrected chi connectivity index (χ0v) is 11.8. The molecule has 19 heavy (non-hydrogen) atoms. The van der Waals surface area contributed by atoms with Crippen molar-refractivity contribution in [3.8, 4) is 0 Å². The summed E-state index contributed by atoms with van der Waals surface area (Å²) in [6, 6.07) is 3.38. The van der Waals surface area contributed by atoms with Gasteiger partial charge in [-0.2, -0.15) is 0 Å². The largest absolute Gasteiger partial charge is 0.274 e. The molecule has 0 aromatic carbocycles. The lowest BCUT2D eigenvalue weighted by Crippen LogP contribution is -2.31. The maximum atomic E-state index is 11.7. The number of likely N-dealkylation sites (tertiary alicyclic amines) is 1. The maximum absolute atomic E-state index is 11.7. The minimum Gasteiger partial charge on any atom is -0.274 e. The second-order valence-electron chi connectivity index (χ2n) is 4.49. The summed E-state index contributed by atoms with van der Waals surface area (Å²) >= 11 is 7.60. The molecule has 1 aliphatic heterocycles. The molecule has 0 bridgehead atoms. The zero-order chi connectivity index (χ0) is 13.6. The number of amides is 2. The van der Waals surface area contributed by atoms with E-state index in [1.807, 2.05) is 13.0 Å². The number of nitrogens with zero attached hydrogens (tertiary/aromatic N) is 2. The number of carbonyl (C=O) groups excluding carboxylic acids is 2. The number of fused-ring (bicyclic) bond motifs is 1. The number of pyridine rings is 1. The van der Waals surface area contributed by atoms with Gasteiger partial charge >= 0.3 is 0 Å². The summed E-state index contributed by atoms with van der Waals surface area (Å²) in [7, 11) is 0. The number of aromatic nitrogens is 1. The zero-order valence-electron chi connectivity index (χ0n) is 10.2. The van der Waals surface area contributed by atoms with Gasteiger partial charge in [0.25, 0.3) is 0 Å². The molecule has 1 fully saturated rings. The smallest absolute Gasteiger partial charge is 0.230 e. The predicted octanol–water partition coefficient (Wildman–Crippen LogP) is 3.16. The molecular formula is C13H11ClN2O2S. The minimum atomic E-state index is -0.252. The van der Waals surface area contributed by atoms with Crippen LogP contribution in [0.5, 0.6) is 0 Å². The van der Waals surface area contributed by atoms with E-state index in [2.05, 4.69) is 4.98 Å². The van der Waals surface area contributed by atoms with Gasteiger partial charge < -0.3 is 0 Å². The summed E-state index contributed by atoms with van der Waals surface area (Å²) in [4.78, 5) is 30.0. The molecule has 0 spiro atoms. The van der Waals surface area contributed by atoms with Crippen LogP contribution >= 0.6 is 22.9 Å². The first-order chi connectivity index (χ1) is 9.08. The van der Waals surface area contributed by atoms with Crippen LogP contribution in [0.25, 0.3) is 10.2 Å². The number of rotatable bonds is 2. The maximum Gasteiger partial charge on any atom is 0.230 e. The van der Waals surface area contributed by atoms with Crippen LogP contribution in [0, 0.1) is 0 Å². The van der Waals surface area contributed by atoms with Gasteiger partial charge in [0.15, 0.2) is 0 Å². The summed E-state index contributed by atoms with van der Waals surface area (Å²) in [5.74, 6) is -0.206. The van der Waals surface area contributed by atoms with E-state index in [9.17, 15) is 9.59 Å². The fourth-order valence-corrected chi connectivity index (χ4v) is 3.62. The van der Waals surface area contributed by atoms with Crippen molar-refractivity contribution in [1.82, 2.24) is 9.88 Å². The molecule has 3 rings (SSSR count). The van der Waals surface area contributed by atoms with E-state index in [0.29, 0.717) is 17.9 Å². The predicted molar refractivity (Wildman–Crippen MR) is 74.1 cm³/mol. The third kappa shape index (κ3) is 2.03. The number of carbonyl (C=O) groups is 2. The van der Waals surface area contributed by atoms with E-state index < -0.39 is 0 Å². The van der Waals surface area contributed by atoms with Crippen LogP contribution in [0.4, 0.5) is 0 Å². The Morgan fingerprint density at radius 2 is 2.05 bits per heavy atom. The lowest BCUT2D eigenvalue weighted by Gasteiger charge is -2.20. The molecule has 0 aliphatic carbocycles. The Kier molecular flexibility index (Phi) is 3.03. The molecule has 1 aliphatic rings. The van der Waals surface area contributed by atoms with Crippen molar-refractivity contribution in [2.24, 2.45) is 0 Å². The van der Waals surface area contributed by atoms with Gasteiger partial charge in [-0.3, -0.25) is 19.5 Å². The fourth-order valence-electron chi connectivity index (χ4n) is 2.28. The van der Waals surface area contributed by atoms with E-state index in [-0.39, 0.29) is 17.9 Å². The molecule has 0 N–H and O–H groups in total. The molecule has 98 valence electrons. The van der Waals surface area contributed by atoms with Crippen LogP contribution in [0.2, 0.25) is 5.02 Å². The molecule has 2 amide bonds. The molecule has 0 radical (unpaired) electrons. The molecular weight excluding hydrogens is 284 g/mol. The number of thiophene rings is 1. The van der Waals surface area contributed by atoms with Gasteiger partial charge in [-0.15, -0.1) is 11.3 Å². The summed E-state index contributed by atoms with van der Waals surface area (Å²) < 4.78 is 0.894. The molecule has 2 aromatic heterocycles. The quantitative estimate of drug-likeness (QED) is 0.800. The summed E-state index contributed by atoms with van der Waals surface area (Å²) in [6.07, 6.45) is 2.28. The van der Waals surface area contributed by atoms with Gasteiger partial charge in [0.1, 0.15) is 0 Å². The lowest BCUT2D eigenvalue weighted by atomic mass is 10.2. The van der Waals surface area contributed by atoms with Gasteiger partial charge in [0, 0.05) is 23.9 Å². The van der Waals surface area contributed by atoms with Gasteiger partial charge in [-0.1, -0.05) is 11.6 Å². The van der Waals surface area contributed by atoms with E-state index in [0.717, 1.165) is 15.1 Å². The molecule has 0 unspecified atom stereocenters. The van der Waals surface area contributed by atoms with Crippen LogP contribution in [0.15, 0.2) is 18.3 Å². The second kappa shape index (κ2) is 4.58. The summed E-state index contributed by atoms with van der Waals surface area (Å²) in [6.45, 7) is 1.86. The van der Waals surface area contributed by atoms with E-state index in [1.165, 1.54) is 16.2 Å². The Balaban J connectivity index is 2.02. The second-order valence-corrected chi connectivity index (χ2v) is 5.98. The van der Waals surface area contributed by atoms with Crippen LogP contribution in [-0.2, 0) is 9.59 Å². The van der Waals surface area contributed by atoms with Gasteiger partial charge in [-0.25, -0.2) is 0 Å². The summed E-state index contributed by atoms with van der Waals surface area (Å²) in [5, 5.41) is 0.646. The van der Waals surface area contributed by atoms with E-state index >= 15 is 0 Å². The number of hydrogen-bond donors (Lipinski definition) is 0. The highest BCUT2D eigenvalue weighted by Crippen LogP contribution is 2.36. The molecule has 2 aromatic rings. The first-order valence-electron chi connectivity index (χ1n) is 5.97. The minimum absolute atomic E-state index is 0.103. The van der Waals surface area contributed by atoms with Gasteiger partial charge in [0.05, 0.1) is 21.3 Å². The average Bonchev–Trinajstić information content (AvgIpc) is 2.94. The van der Waals surface area contributed by atoms with E-state index in [4.69, 9.17) is 11.6 Å². The lowest BCUT2D eigenvalue weighted by molar-refractivity contribution is -0.140. The molecule has 0 saturated carbocycles. The van der Waals surface area contributed by atoms with Crippen molar-refractivity contribution >= 4 is 45.0 Å². The van der Waals surface area contributed by atoms with Crippen molar-refractivity contribution in [2.45, 2.75) is 25.8 Å². The third-order valence-corrected chi connectivity index (χ3v) is 5.03. The molecule has 1 atom stereocenters. The molecule has 6 heteroatoms. The van der Waals surface area contributed by atoms with E-state index in [1.54, 1.807) is 12.3 Å². The first kappa shape index (κ1) is 12.6. The Morgan fingerprint density at radius 3 is 2.68 bits per heavy atom. The van der Waals surface area contributed by atoms with Crippen LogP contribution in [0.3, 0.4) is 0 Å². The summed E-state index contributed by atoms with van der Waals surface area (Å²) in [5.41, 5.74) is 0.804. The van der Waals surface area contributed by atoms with Crippen molar-refractivity contribution < 1.29 is 9.59 Å². The van der Waals surface area contributed by atoms with Crippen LogP contribution in [-0.4, -0.2) is 21.7 Å².